The van der Waals surface area contributed by atoms with Crippen LogP contribution in [0.2, 0.25) is 0 Å². The standard InChI is InChI=1S/C24H36N4O4/c1-2-32-24(31)20-28(21-10-6-5-7-11-21)23(30)19-26-16-14-25(15-17-26)18-22(29)27-12-8-3-4-9-13-27/h5-7,10-11H,2-4,8-9,12-20H2,1H3. The maximum Gasteiger partial charge on any atom is 0.326 e. The number of nitrogens with zero attached hydrogens (tertiary/aromatic N) is 4. The molecule has 0 unspecified atom stereocenters. The summed E-state index contributed by atoms with van der Waals surface area (Å²) in [6, 6.07) is 9.22. The Balaban J connectivity index is 1.49. The van der Waals surface area contributed by atoms with Crippen LogP contribution in [0.5, 0.6) is 0 Å². The molecule has 0 spiro atoms. The van der Waals surface area contributed by atoms with Gasteiger partial charge in [0.05, 0.1) is 19.7 Å². The van der Waals surface area contributed by atoms with Gasteiger partial charge in [0.15, 0.2) is 0 Å². The first kappa shape index (κ1) is 24.2. The minimum absolute atomic E-state index is 0.0962. The lowest BCUT2D eigenvalue weighted by Crippen LogP contribution is -2.52. The lowest BCUT2D eigenvalue weighted by molar-refractivity contribution is -0.142. The normalized spacial score (nSPS) is 18.1. The van der Waals surface area contributed by atoms with E-state index in [-0.39, 0.29) is 31.5 Å². The summed E-state index contributed by atoms with van der Waals surface area (Å²) in [5.41, 5.74) is 0.687. The molecular formula is C24H36N4O4. The third-order valence-electron chi connectivity index (χ3n) is 6.10. The molecule has 8 nitrogen and oxygen atoms in total. The average molecular weight is 445 g/mol. The number of benzene rings is 1. The van der Waals surface area contributed by atoms with Gasteiger partial charge in [-0.15, -0.1) is 0 Å². The molecule has 0 saturated carbocycles. The second kappa shape index (κ2) is 12.6. The highest BCUT2D eigenvalue weighted by molar-refractivity contribution is 5.98. The Morgan fingerprint density at radius 3 is 2.03 bits per heavy atom. The zero-order valence-corrected chi connectivity index (χ0v) is 19.2. The molecule has 0 N–H and O–H groups in total. The average Bonchev–Trinajstić information content (AvgIpc) is 3.09. The summed E-state index contributed by atoms with van der Waals surface area (Å²) in [6.07, 6.45) is 4.63. The summed E-state index contributed by atoms with van der Waals surface area (Å²) in [6.45, 7) is 7.36. The van der Waals surface area contributed by atoms with Crippen molar-refractivity contribution in [3.05, 3.63) is 30.3 Å². The van der Waals surface area contributed by atoms with Crippen molar-refractivity contribution in [2.75, 3.05) is 70.4 Å². The molecule has 0 aromatic heterocycles. The Labute approximate surface area is 191 Å². The number of carbonyl (C=O) groups is 3. The van der Waals surface area contributed by atoms with E-state index in [1.165, 1.54) is 17.7 Å². The van der Waals surface area contributed by atoms with Crippen LogP contribution in [-0.2, 0) is 19.1 Å². The van der Waals surface area contributed by atoms with Gasteiger partial charge in [0.25, 0.3) is 0 Å². The minimum Gasteiger partial charge on any atom is -0.465 e. The van der Waals surface area contributed by atoms with E-state index < -0.39 is 5.97 Å². The summed E-state index contributed by atoms with van der Waals surface area (Å²) < 4.78 is 5.05. The molecule has 2 aliphatic heterocycles. The summed E-state index contributed by atoms with van der Waals surface area (Å²) in [5, 5.41) is 0. The van der Waals surface area contributed by atoms with Crippen molar-refractivity contribution in [1.29, 1.82) is 0 Å². The van der Waals surface area contributed by atoms with Crippen molar-refractivity contribution in [1.82, 2.24) is 14.7 Å². The molecule has 0 radical (unpaired) electrons. The van der Waals surface area contributed by atoms with E-state index in [1.54, 1.807) is 6.92 Å². The number of ether oxygens (including phenoxy) is 1. The van der Waals surface area contributed by atoms with Gasteiger partial charge < -0.3 is 14.5 Å². The zero-order chi connectivity index (χ0) is 22.8. The number of esters is 1. The number of para-hydroxylation sites is 1. The van der Waals surface area contributed by atoms with E-state index in [4.69, 9.17) is 4.74 Å². The van der Waals surface area contributed by atoms with Gasteiger partial charge in [0, 0.05) is 45.0 Å². The highest BCUT2D eigenvalue weighted by Crippen LogP contribution is 2.15. The number of likely N-dealkylation sites (tertiary alicyclic amines) is 1. The fourth-order valence-electron chi connectivity index (χ4n) is 4.26. The molecule has 2 heterocycles. The topological polar surface area (TPSA) is 73.4 Å². The van der Waals surface area contributed by atoms with E-state index in [0.29, 0.717) is 12.2 Å². The Morgan fingerprint density at radius 2 is 1.44 bits per heavy atom. The lowest BCUT2D eigenvalue weighted by atomic mass is 10.2. The number of amides is 2. The Kier molecular flexibility index (Phi) is 9.49. The molecule has 2 aliphatic rings. The van der Waals surface area contributed by atoms with Crippen LogP contribution in [-0.4, -0.2) is 98.0 Å². The van der Waals surface area contributed by atoms with Crippen LogP contribution in [0.15, 0.2) is 30.3 Å². The second-order valence-corrected chi connectivity index (χ2v) is 8.47. The number of hydrogen-bond acceptors (Lipinski definition) is 6. The molecule has 1 aromatic carbocycles. The van der Waals surface area contributed by atoms with Crippen molar-refractivity contribution in [3.8, 4) is 0 Å². The van der Waals surface area contributed by atoms with E-state index in [9.17, 15) is 14.4 Å². The van der Waals surface area contributed by atoms with Gasteiger partial charge in [-0.05, 0) is 31.9 Å². The summed E-state index contributed by atoms with van der Waals surface area (Å²) >= 11 is 0. The first-order valence-corrected chi connectivity index (χ1v) is 11.8. The Bertz CT molecular complexity index is 742. The molecule has 3 rings (SSSR count). The van der Waals surface area contributed by atoms with E-state index >= 15 is 0 Å². The maximum absolute atomic E-state index is 13.1. The van der Waals surface area contributed by atoms with Crippen LogP contribution in [0, 0.1) is 0 Å². The smallest absolute Gasteiger partial charge is 0.326 e. The van der Waals surface area contributed by atoms with Crippen LogP contribution in [0.4, 0.5) is 5.69 Å². The van der Waals surface area contributed by atoms with Crippen molar-refractivity contribution in [3.63, 3.8) is 0 Å². The monoisotopic (exact) mass is 444 g/mol. The molecule has 8 heteroatoms. The zero-order valence-electron chi connectivity index (χ0n) is 19.2. The van der Waals surface area contributed by atoms with Gasteiger partial charge >= 0.3 is 5.97 Å². The molecule has 176 valence electrons. The van der Waals surface area contributed by atoms with E-state index in [1.807, 2.05) is 35.2 Å². The first-order chi connectivity index (χ1) is 15.6. The SMILES string of the molecule is CCOC(=O)CN(C(=O)CN1CCN(CC(=O)N2CCCCCC2)CC1)c1ccccc1. The molecule has 2 fully saturated rings. The summed E-state index contributed by atoms with van der Waals surface area (Å²) in [5.74, 6) is -0.319. The largest absolute Gasteiger partial charge is 0.465 e. The molecular weight excluding hydrogens is 408 g/mol. The van der Waals surface area contributed by atoms with Crippen molar-refractivity contribution in [2.45, 2.75) is 32.6 Å². The van der Waals surface area contributed by atoms with Crippen molar-refractivity contribution < 1.29 is 19.1 Å². The number of carbonyl (C=O) groups excluding carboxylic acids is 3. The highest BCUT2D eigenvalue weighted by atomic mass is 16.5. The lowest BCUT2D eigenvalue weighted by Gasteiger charge is -2.35. The van der Waals surface area contributed by atoms with Crippen LogP contribution >= 0.6 is 0 Å². The fraction of sp³-hybridized carbons (Fsp3) is 0.625. The quantitative estimate of drug-likeness (QED) is 0.567. The predicted molar refractivity (Wildman–Crippen MR) is 123 cm³/mol. The summed E-state index contributed by atoms with van der Waals surface area (Å²) in [4.78, 5) is 45.5. The summed E-state index contributed by atoms with van der Waals surface area (Å²) in [7, 11) is 0. The van der Waals surface area contributed by atoms with Crippen LogP contribution in [0.25, 0.3) is 0 Å². The molecule has 0 bridgehead atoms. The molecule has 1 aromatic rings. The number of rotatable bonds is 8. The molecule has 2 amide bonds. The van der Waals surface area contributed by atoms with Crippen LogP contribution in [0.1, 0.15) is 32.6 Å². The molecule has 2 saturated heterocycles. The van der Waals surface area contributed by atoms with Crippen molar-refractivity contribution >= 4 is 23.5 Å². The third kappa shape index (κ3) is 7.31. The van der Waals surface area contributed by atoms with Gasteiger partial charge in [0.2, 0.25) is 11.8 Å². The molecule has 0 aliphatic carbocycles. The van der Waals surface area contributed by atoms with Gasteiger partial charge in [-0.3, -0.25) is 24.2 Å². The number of anilines is 1. The third-order valence-corrected chi connectivity index (χ3v) is 6.10. The van der Waals surface area contributed by atoms with Crippen molar-refractivity contribution in [2.24, 2.45) is 0 Å². The Morgan fingerprint density at radius 1 is 0.844 bits per heavy atom. The predicted octanol–water partition coefficient (Wildman–Crippen LogP) is 1.60. The van der Waals surface area contributed by atoms with E-state index in [2.05, 4.69) is 9.80 Å². The Hall–Kier alpha value is -2.45. The van der Waals surface area contributed by atoms with E-state index in [0.717, 1.165) is 52.1 Å². The minimum atomic E-state index is -0.415. The molecule has 0 atom stereocenters. The number of hydrogen-bond donors (Lipinski definition) is 0. The first-order valence-electron chi connectivity index (χ1n) is 11.8. The van der Waals surface area contributed by atoms with Crippen LogP contribution in [0.3, 0.4) is 0 Å². The van der Waals surface area contributed by atoms with Gasteiger partial charge in [0.1, 0.15) is 6.54 Å². The second-order valence-electron chi connectivity index (χ2n) is 8.47. The highest BCUT2D eigenvalue weighted by Gasteiger charge is 2.26. The van der Waals surface area contributed by atoms with Gasteiger partial charge in [-0.1, -0.05) is 31.0 Å². The molecule has 32 heavy (non-hydrogen) atoms. The van der Waals surface area contributed by atoms with Gasteiger partial charge in [-0.25, -0.2) is 0 Å². The maximum atomic E-state index is 13.1. The van der Waals surface area contributed by atoms with Gasteiger partial charge in [-0.2, -0.15) is 0 Å². The number of piperazine rings is 1. The van der Waals surface area contributed by atoms with Crippen LogP contribution < -0.4 is 4.90 Å². The fourth-order valence-corrected chi connectivity index (χ4v) is 4.26.